The average Bonchev–Trinajstić information content (AvgIpc) is 2.32. The molecule has 0 amide bonds. The fraction of sp³-hybridized carbons (Fsp3) is 0.647. The molecule has 2 N–H and O–H groups in total. The van der Waals surface area contributed by atoms with E-state index in [1.54, 1.807) is 6.07 Å². The van der Waals surface area contributed by atoms with Crippen molar-refractivity contribution in [3.63, 3.8) is 0 Å². The lowest BCUT2D eigenvalue weighted by Crippen LogP contribution is -2.61. The fourth-order valence-corrected chi connectivity index (χ4v) is 3.07. The lowest BCUT2D eigenvalue weighted by Gasteiger charge is -2.45. The van der Waals surface area contributed by atoms with Crippen molar-refractivity contribution in [2.75, 3.05) is 13.1 Å². The van der Waals surface area contributed by atoms with E-state index in [0.29, 0.717) is 17.7 Å². The first-order valence-corrected chi connectivity index (χ1v) is 7.63. The van der Waals surface area contributed by atoms with E-state index >= 15 is 0 Å². The Hall–Kier alpha value is -1.06. The molecule has 0 aliphatic carbocycles. The summed E-state index contributed by atoms with van der Waals surface area (Å²) in [6, 6.07) is 8.21. The van der Waals surface area contributed by atoms with E-state index in [4.69, 9.17) is 0 Å². The van der Waals surface area contributed by atoms with Crippen LogP contribution in [0.5, 0.6) is 5.75 Å². The molecule has 0 radical (unpaired) electrons. The molecule has 3 nitrogen and oxygen atoms in total. The zero-order chi connectivity index (χ0) is 14.8. The minimum absolute atomic E-state index is 0.157. The zero-order valence-corrected chi connectivity index (χ0v) is 13.2. The first kappa shape index (κ1) is 15.3. The summed E-state index contributed by atoms with van der Waals surface area (Å²) >= 11 is 0. The Balaban J connectivity index is 2.10. The molecule has 1 saturated heterocycles. The minimum Gasteiger partial charge on any atom is -0.508 e. The SMILES string of the molecule is CC(C)CC1CNC(C)(C)CN1Cc1cccc(O)c1. The van der Waals surface area contributed by atoms with E-state index in [9.17, 15) is 5.11 Å². The molecule has 1 aliphatic rings. The molecule has 0 bridgehead atoms. The van der Waals surface area contributed by atoms with E-state index in [1.165, 1.54) is 12.0 Å². The zero-order valence-electron chi connectivity index (χ0n) is 13.2. The smallest absolute Gasteiger partial charge is 0.115 e. The van der Waals surface area contributed by atoms with Gasteiger partial charge in [0.15, 0.2) is 0 Å². The highest BCUT2D eigenvalue weighted by Crippen LogP contribution is 2.23. The molecule has 3 heteroatoms. The van der Waals surface area contributed by atoms with Crippen LogP contribution in [0, 0.1) is 5.92 Å². The molecule has 1 fully saturated rings. The van der Waals surface area contributed by atoms with Gasteiger partial charge < -0.3 is 10.4 Å². The van der Waals surface area contributed by atoms with Crippen molar-refractivity contribution in [2.45, 2.75) is 52.2 Å². The molecule has 1 heterocycles. The number of piperazine rings is 1. The Morgan fingerprint density at radius 2 is 2.15 bits per heavy atom. The van der Waals surface area contributed by atoms with Gasteiger partial charge in [0.2, 0.25) is 0 Å². The van der Waals surface area contributed by atoms with Crippen molar-refractivity contribution in [1.82, 2.24) is 10.2 Å². The van der Waals surface area contributed by atoms with Gasteiger partial charge in [-0.3, -0.25) is 4.90 Å². The van der Waals surface area contributed by atoms with Crippen molar-refractivity contribution in [3.05, 3.63) is 29.8 Å². The molecule has 1 aromatic rings. The van der Waals surface area contributed by atoms with Crippen LogP contribution in [-0.2, 0) is 6.54 Å². The summed E-state index contributed by atoms with van der Waals surface area (Å²) in [5, 5.41) is 13.3. The fourth-order valence-electron chi connectivity index (χ4n) is 3.07. The number of benzene rings is 1. The van der Waals surface area contributed by atoms with Crippen molar-refractivity contribution in [2.24, 2.45) is 5.92 Å². The Morgan fingerprint density at radius 3 is 2.80 bits per heavy atom. The molecule has 2 rings (SSSR count). The van der Waals surface area contributed by atoms with Gasteiger partial charge in [-0.05, 0) is 43.9 Å². The quantitative estimate of drug-likeness (QED) is 0.887. The number of hydrogen-bond donors (Lipinski definition) is 2. The van der Waals surface area contributed by atoms with Gasteiger partial charge in [-0.2, -0.15) is 0 Å². The first-order chi connectivity index (χ1) is 9.35. The maximum atomic E-state index is 9.63. The van der Waals surface area contributed by atoms with Gasteiger partial charge in [-0.15, -0.1) is 0 Å². The third-order valence-electron chi connectivity index (χ3n) is 3.97. The molecular formula is C17H28N2O. The van der Waals surface area contributed by atoms with E-state index in [1.807, 2.05) is 12.1 Å². The molecule has 20 heavy (non-hydrogen) atoms. The van der Waals surface area contributed by atoms with E-state index < -0.39 is 0 Å². The molecule has 1 atom stereocenters. The van der Waals surface area contributed by atoms with E-state index in [2.05, 4.69) is 44.0 Å². The van der Waals surface area contributed by atoms with Crippen LogP contribution in [0.3, 0.4) is 0 Å². The van der Waals surface area contributed by atoms with Crippen LogP contribution < -0.4 is 5.32 Å². The average molecular weight is 276 g/mol. The summed E-state index contributed by atoms with van der Waals surface area (Å²) in [7, 11) is 0. The lowest BCUT2D eigenvalue weighted by molar-refractivity contribution is 0.0759. The summed E-state index contributed by atoms with van der Waals surface area (Å²) in [4.78, 5) is 2.56. The third-order valence-corrected chi connectivity index (χ3v) is 3.97. The van der Waals surface area contributed by atoms with Crippen LogP contribution in [0.4, 0.5) is 0 Å². The number of rotatable bonds is 4. The Kier molecular flexibility index (Phi) is 4.71. The van der Waals surface area contributed by atoms with Crippen LogP contribution in [0.15, 0.2) is 24.3 Å². The van der Waals surface area contributed by atoms with Gasteiger partial charge in [-0.25, -0.2) is 0 Å². The maximum absolute atomic E-state index is 9.63. The van der Waals surface area contributed by atoms with E-state index in [0.717, 1.165) is 19.6 Å². The molecule has 0 aromatic heterocycles. The highest BCUT2D eigenvalue weighted by molar-refractivity contribution is 5.27. The monoisotopic (exact) mass is 276 g/mol. The van der Waals surface area contributed by atoms with Crippen molar-refractivity contribution >= 4 is 0 Å². The minimum atomic E-state index is 0.157. The van der Waals surface area contributed by atoms with Gasteiger partial charge in [0.05, 0.1) is 0 Å². The van der Waals surface area contributed by atoms with Gasteiger partial charge in [0.1, 0.15) is 5.75 Å². The Morgan fingerprint density at radius 1 is 1.40 bits per heavy atom. The maximum Gasteiger partial charge on any atom is 0.115 e. The second-order valence-corrected chi connectivity index (χ2v) is 7.12. The highest BCUT2D eigenvalue weighted by Gasteiger charge is 2.32. The van der Waals surface area contributed by atoms with Gasteiger partial charge in [0.25, 0.3) is 0 Å². The van der Waals surface area contributed by atoms with Crippen LogP contribution in [-0.4, -0.2) is 34.7 Å². The predicted molar refractivity (Wildman–Crippen MR) is 83.8 cm³/mol. The summed E-state index contributed by atoms with van der Waals surface area (Å²) in [5.41, 5.74) is 1.35. The van der Waals surface area contributed by atoms with Gasteiger partial charge in [-0.1, -0.05) is 26.0 Å². The summed E-state index contributed by atoms with van der Waals surface area (Å²) in [5.74, 6) is 1.06. The van der Waals surface area contributed by atoms with Crippen LogP contribution in [0.25, 0.3) is 0 Å². The Labute approximate surface area is 123 Å². The van der Waals surface area contributed by atoms with Crippen LogP contribution in [0.2, 0.25) is 0 Å². The van der Waals surface area contributed by atoms with Crippen LogP contribution >= 0.6 is 0 Å². The topological polar surface area (TPSA) is 35.5 Å². The summed E-state index contributed by atoms with van der Waals surface area (Å²) in [6.45, 7) is 12.1. The third kappa shape index (κ3) is 4.22. The summed E-state index contributed by atoms with van der Waals surface area (Å²) in [6.07, 6.45) is 1.21. The van der Waals surface area contributed by atoms with Gasteiger partial charge in [0, 0.05) is 31.2 Å². The number of nitrogens with one attached hydrogen (secondary N) is 1. The summed E-state index contributed by atoms with van der Waals surface area (Å²) < 4.78 is 0. The molecule has 1 unspecified atom stereocenters. The second-order valence-electron chi connectivity index (χ2n) is 7.12. The molecule has 1 aliphatic heterocycles. The second kappa shape index (κ2) is 6.15. The van der Waals surface area contributed by atoms with E-state index in [-0.39, 0.29) is 5.54 Å². The lowest BCUT2D eigenvalue weighted by atomic mass is 9.93. The van der Waals surface area contributed by atoms with Crippen LogP contribution in [0.1, 0.15) is 39.7 Å². The number of aromatic hydroxyl groups is 1. The molecule has 1 aromatic carbocycles. The molecule has 0 saturated carbocycles. The molecular weight excluding hydrogens is 248 g/mol. The first-order valence-electron chi connectivity index (χ1n) is 7.63. The number of hydrogen-bond acceptors (Lipinski definition) is 3. The number of phenols is 1. The van der Waals surface area contributed by atoms with Crippen molar-refractivity contribution in [1.29, 1.82) is 0 Å². The number of nitrogens with zero attached hydrogens (tertiary/aromatic N) is 1. The number of phenolic OH excluding ortho intramolecular Hbond substituents is 1. The molecule has 112 valence electrons. The van der Waals surface area contributed by atoms with Crippen molar-refractivity contribution < 1.29 is 5.11 Å². The Bertz CT molecular complexity index is 442. The standard InChI is InChI=1S/C17H28N2O/c1-13(2)8-15-10-18-17(3,4)12-19(15)11-14-6-5-7-16(20)9-14/h5-7,9,13,15,18,20H,8,10-12H2,1-4H3. The highest BCUT2D eigenvalue weighted by atomic mass is 16.3. The van der Waals surface area contributed by atoms with Gasteiger partial charge >= 0.3 is 0 Å². The molecule has 0 spiro atoms. The largest absolute Gasteiger partial charge is 0.508 e. The normalized spacial score (nSPS) is 23.1. The van der Waals surface area contributed by atoms with Crippen molar-refractivity contribution in [3.8, 4) is 5.75 Å². The predicted octanol–water partition coefficient (Wildman–Crippen LogP) is 2.99.